The normalized spacial score (nSPS) is 14.9. The third-order valence-electron chi connectivity index (χ3n) is 5.99. The second-order valence-electron chi connectivity index (χ2n) is 8.28. The van der Waals surface area contributed by atoms with Gasteiger partial charge >= 0.3 is 0 Å². The molecule has 0 radical (unpaired) electrons. The van der Waals surface area contributed by atoms with Crippen molar-refractivity contribution >= 4 is 36.0 Å². The van der Waals surface area contributed by atoms with E-state index in [1.807, 2.05) is 13.2 Å². The first-order chi connectivity index (χ1) is 16.3. The number of imidazole rings is 1. The molecule has 180 valence electrons. The van der Waals surface area contributed by atoms with Crippen LogP contribution >= 0.6 is 24.0 Å². The summed E-state index contributed by atoms with van der Waals surface area (Å²) in [4.78, 5) is 13.9. The lowest BCUT2D eigenvalue weighted by atomic mass is 10.2. The van der Waals surface area contributed by atoms with Gasteiger partial charge in [-0.1, -0.05) is 72.8 Å². The Morgan fingerprint density at radius 2 is 1.71 bits per heavy atom. The van der Waals surface area contributed by atoms with Crippen LogP contribution in [0.5, 0.6) is 0 Å². The van der Waals surface area contributed by atoms with E-state index < -0.39 is 0 Å². The maximum atomic E-state index is 4.56. The molecule has 3 aromatic rings. The van der Waals surface area contributed by atoms with E-state index in [4.69, 9.17) is 0 Å². The van der Waals surface area contributed by atoms with E-state index >= 15 is 0 Å². The van der Waals surface area contributed by atoms with Gasteiger partial charge in [0.25, 0.3) is 0 Å². The molecule has 0 unspecified atom stereocenters. The van der Waals surface area contributed by atoms with Gasteiger partial charge in [-0.25, -0.2) is 4.98 Å². The minimum atomic E-state index is 0. The van der Waals surface area contributed by atoms with Crippen LogP contribution in [0.4, 0.5) is 0 Å². The van der Waals surface area contributed by atoms with Gasteiger partial charge in [-0.15, -0.1) is 24.0 Å². The molecule has 0 amide bonds. The van der Waals surface area contributed by atoms with E-state index in [-0.39, 0.29) is 24.0 Å². The van der Waals surface area contributed by atoms with E-state index in [0.29, 0.717) is 0 Å². The van der Waals surface area contributed by atoms with Crippen molar-refractivity contribution in [3.63, 3.8) is 0 Å². The molecule has 0 spiro atoms. The Labute approximate surface area is 220 Å². The molecule has 34 heavy (non-hydrogen) atoms. The highest BCUT2D eigenvalue weighted by molar-refractivity contribution is 14.0. The molecule has 2 heterocycles. The molecule has 2 aromatic carbocycles. The fourth-order valence-corrected chi connectivity index (χ4v) is 4.15. The maximum absolute atomic E-state index is 4.56. The fraction of sp³-hybridized carbons (Fsp3) is 0.333. The van der Waals surface area contributed by atoms with Gasteiger partial charge < -0.3 is 14.8 Å². The monoisotopic (exact) mass is 570 g/mol. The van der Waals surface area contributed by atoms with E-state index in [1.165, 1.54) is 11.1 Å². The van der Waals surface area contributed by atoms with Crippen molar-refractivity contribution in [1.82, 2.24) is 24.7 Å². The van der Waals surface area contributed by atoms with Gasteiger partial charge in [-0.05, 0) is 11.1 Å². The molecule has 7 heteroatoms. The Hall–Kier alpha value is -2.65. The largest absolute Gasteiger partial charge is 0.356 e. The van der Waals surface area contributed by atoms with Crippen molar-refractivity contribution in [3.05, 3.63) is 96.1 Å². The Morgan fingerprint density at radius 1 is 1.00 bits per heavy atom. The summed E-state index contributed by atoms with van der Waals surface area (Å²) in [6, 6.07) is 21.0. The van der Waals surface area contributed by atoms with E-state index in [1.54, 1.807) is 0 Å². The second kappa shape index (κ2) is 13.9. The minimum Gasteiger partial charge on any atom is -0.356 e. The van der Waals surface area contributed by atoms with Crippen molar-refractivity contribution in [1.29, 1.82) is 0 Å². The Kier molecular flexibility index (Phi) is 10.6. The topological polar surface area (TPSA) is 48.7 Å². The van der Waals surface area contributed by atoms with Gasteiger partial charge in [0.15, 0.2) is 5.96 Å². The molecule has 1 saturated heterocycles. The van der Waals surface area contributed by atoms with Crippen molar-refractivity contribution in [3.8, 4) is 0 Å². The molecule has 1 fully saturated rings. The second-order valence-corrected chi connectivity index (χ2v) is 8.28. The Morgan fingerprint density at radius 3 is 2.41 bits per heavy atom. The third-order valence-corrected chi connectivity index (χ3v) is 5.99. The number of piperazine rings is 1. The highest BCUT2D eigenvalue weighted by atomic mass is 127. The molecule has 1 aliphatic heterocycles. The lowest BCUT2D eigenvalue weighted by molar-refractivity contribution is 0.194. The van der Waals surface area contributed by atoms with Crippen LogP contribution in [0.1, 0.15) is 17.0 Å². The van der Waals surface area contributed by atoms with Gasteiger partial charge in [0.1, 0.15) is 5.82 Å². The van der Waals surface area contributed by atoms with Crippen LogP contribution in [0.15, 0.2) is 84.1 Å². The lowest BCUT2D eigenvalue weighted by Crippen LogP contribution is -2.52. The predicted octanol–water partition coefficient (Wildman–Crippen LogP) is 4.00. The number of nitrogens with one attached hydrogen (secondary N) is 1. The standard InChI is InChI=1S/C27H34N6.HI/c1-28-27(30-15-14-26-29-16-18-33(26)23-25-11-6-3-7-12-25)32-21-19-31(20-22-32)17-8-13-24-9-4-2-5-10-24;/h2-13,16,18H,14-15,17,19-23H2,1H3,(H,28,30);1H/b13-8+;. The van der Waals surface area contributed by atoms with Gasteiger partial charge in [-0.2, -0.15) is 0 Å². The highest BCUT2D eigenvalue weighted by Gasteiger charge is 2.18. The summed E-state index contributed by atoms with van der Waals surface area (Å²) in [5, 5.41) is 3.54. The molecule has 0 aliphatic carbocycles. The summed E-state index contributed by atoms with van der Waals surface area (Å²) < 4.78 is 2.22. The Bertz CT molecular complexity index is 1020. The number of aliphatic imine (C=N–C) groups is 1. The fourth-order valence-electron chi connectivity index (χ4n) is 4.15. The summed E-state index contributed by atoms with van der Waals surface area (Å²) in [6.45, 7) is 6.72. The summed E-state index contributed by atoms with van der Waals surface area (Å²) in [5.41, 5.74) is 2.54. The zero-order valence-electron chi connectivity index (χ0n) is 19.9. The molecular weight excluding hydrogens is 535 g/mol. The SMILES string of the molecule is CN=C(NCCc1nccn1Cc1ccccc1)N1CCN(C/C=C/c2ccccc2)CC1.I. The third kappa shape index (κ3) is 7.70. The van der Waals surface area contributed by atoms with Gasteiger partial charge in [0.05, 0.1) is 0 Å². The van der Waals surface area contributed by atoms with Crippen LogP contribution in [-0.2, 0) is 13.0 Å². The number of benzene rings is 2. The highest BCUT2D eigenvalue weighted by Crippen LogP contribution is 2.07. The van der Waals surface area contributed by atoms with Crippen molar-refractivity contribution < 1.29 is 0 Å². The summed E-state index contributed by atoms with van der Waals surface area (Å²) in [7, 11) is 1.87. The van der Waals surface area contributed by atoms with Crippen LogP contribution in [-0.4, -0.2) is 71.6 Å². The van der Waals surface area contributed by atoms with Crippen molar-refractivity contribution in [2.24, 2.45) is 4.99 Å². The summed E-state index contributed by atoms with van der Waals surface area (Å²) in [5.74, 6) is 2.08. The van der Waals surface area contributed by atoms with E-state index in [2.05, 4.69) is 109 Å². The zero-order valence-corrected chi connectivity index (χ0v) is 22.2. The Balaban J connectivity index is 0.00000324. The van der Waals surface area contributed by atoms with E-state index in [0.717, 1.165) is 64.0 Å². The number of hydrogen-bond donors (Lipinski definition) is 1. The molecule has 0 atom stereocenters. The van der Waals surface area contributed by atoms with Gasteiger partial charge in [0.2, 0.25) is 0 Å². The molecular formula is C27H35IN6. The number of nitrogens with zero attached hydrogens (tertiary/aromatic N) is 5. The van der Waals surface area contributed by atoms with Gasteiger partial charge in [-0.3, -0.25) is 9.89 Å². The smallest absolute Gasteiger partial charge is 0.193 e. The molecule has 6 nitrogen and oxygen atoms in total. The van der Waals surface area contributed by atoms with Crippen LogP contribution < -0.4 is 5.32 Å². The quantitative estimate of drug-likeness (QED) is 0.253. The summed E-state index contributed by atoms with van der Waals surface area (Å²) >= 11 is 0. The average Bonchev–Trinajstić information content (AvgIpc) is 3.30. The summed E-state index contributed by atoms with van der Waals surface area (Å²) in [6.07, 6.45) is 9.27. The number of guanidine groups is 1. The lowest BCUT2D eigenvalue weighted by Gasteiger charge is -2.36. The van der Waals surface area contributed by atoms with Gasteiger partial charge in [0, 0.05) is 71.7 Å². The number of rotatable bonds is 8. The minimum absolute atomic E-state index is 0. The predicted molar refractivity (Wildman–Crippen MR) is 152 cm³/mol. The molecule has 1 aliphatic rings. The first-order valence-corrected chi connectivity index (χ1v) is 11.8. The molecule has 4 rings (SSSR count). The van der Waals surface area contributed by atoms with Crippen LogP contribution in [0.25, 0.3) is 6.08 Å². The zero-order chi connectivity index (χ0) is 22.7. The van der Waals surface area contributed by atoms with Crippen molar-refractivity contribution in [2.45, 2.75) is 13.0 Å². The first kappa shape index (κ1) is 26.0. The van der Waals surface area contributed by atoms with E-state index in [9.17, 15) is 0 Å². The average molecular weight is 571 g/mol. The molecule has 1 N–H and O–H groups in total. The maximum Gasteiger partial charge on any atom is 0.193 e. The number of aromatic nitrogens is 2. The van der Waals surface area contributed by atoms with Crippen LogP contribution in [0.2, 0.25) is 0 Å². The molecule has 0 bridgehead atoms. The van der Waals surface area contributed by atoms with Crippen LogP contribution in [0, 0.1) is 0 Å². The molecule has 0 saturated carbocycles. The van der Waals surface area contributed by atoms with Crippen LogP contribution in [0.3, 0.4) is 0 Å². The number of hydrogen-bond acceptors (Lipinski definition) is 3. The van der Waals surface area contributed by atoms with Crippen molar-refractivity contribution in [2.75, 3.05) is 46.3 Å². The molecule has 1 aromatic heterocycles. The first-order valence-electron chi connectivity index (χ1n) is 11.8. The number of halogens is 1.